The molecule has 0 spiro atoms. The molecule has 0 unspecified atom stereocenters. The first kappa shape index (κ1) is 18.0. The molecule has 0 amide bonds. The molecular formula is C28H20N2. The van der Waals surface area contributed by atoms with Crippen LogP contribution in [-0.4, -0.2) is 9.97 Å². The van der Waals surface area contributed by atoms with Gasteiger partial charge in [0.2, 0.25) is 0 Å². The smallest absolute Gasteiger partial charge is 0.116 e. The quantitative estimate of drug-likeness (QED) is 0.329. The lowest BCUT2D eigenvalue weighted by atomic mass is 10.0. The molecule has 142 valence electrons. The SMILES string of the molecule is c1ccc(-c2ccc(-c3cc(-c4ccc(-c5ccccc5)cc4)ncn3)cc2)cc1. The van der Waals surface area contributed by atoms with E-state index in [0.29, 0.717) is 0 Å². The lowest BCUT2D eigenvalue weighted by Gasteiger charge is -2.07. The average molecular weight is 384 g/mol. The first-order chi connectivity index (χ1) is 14.9. The zero-order valence-electron chi connectivity index (χ0n) is 16.4. The van der Waals surface area contributed by atoms with Gasteiger partial charge in [-0.05, 0) is 28.3 Å². The molecule has 2 heteroatoms. The van der Waals surface area contributed by atoms with Crippen molar-refractivity contribution >= 4 is 0 Å². The third-order valence-electron chi connectivity index (χ3n) is 5.24. The van der Waals surface area contributed by atoms with Crippen LogP contribution < -0.4 is 0 Å². The molecule has 5 rings (SSSR count). The Balaban J connectivity index is 1.42. The van der Waals surface area contributed by atoms with Crippen LogP contribution in [0, 0.1) is 0 Å². The van der Waals surface area contributed by atoms with Gasteiger partial charge in [0.25, 0.3) is 0 Å². The first-order valence-electron chi connectivity index (χ1n) is 10.0. The summed E-state index contributed by atoms with van der Waals surface area (Å²) in [6.45, 7) is 0. The highest BCUT2D eigenvalue weighted by atomic mass is 14.8. The predicted molar refractivity (Wildman–Crippen MR) is 124 cm³/mol. The molecule has 5 aromatic rings. The molecule has 0 saturated heterocycles. The Kier molecular flexibility index (Phi) is 4.89. The van der Waals surface area contributed by atoms with Gasteiger partial charge in [-0.15, -0.1) is 0 Å². The van der Waals surface area contributed by atoms with Gasteiger partial charge in [0.1, 0.15) is 6.33 Å². The summed E-state index contributed by atoms with van der Waals surface area (Å²) >= 11 is 0. The van der Waals surface area contributed by atoms with E-state index < -0.39 is 0 Å². The third kappa shape index (κ3) is 3.76. The summed E-state index contributed by atoms with van der Waals surface area (Å²) < 4.78 is 0. The van der Waals surface area contributed by atoms with Crippen molar-refractivity contribution in [1.82, 2.24) is 9.97 Å². The second kappa shape index (κ2) is 8.14. The maximum absolute atomic E-state index is 4.49. The van der Waals surface area contributed by atoms with E-state index in [0.717, 1.165) is 22.5 Å². The molecule has 0 saturated carbocycles. The summed E-state index contributed by atoms with van der Waals surface area (Å²) in [5.41, 5.74) is 8.84. The summed E-state index contributed by atoms with van der Waals surface area (Å²) in [6, 6.07) is 39.9. The minimum Gasteiger partial charge on any atom is -0.236 e. The zero-order chi connectivity index (χ0) is 20.2. The molecule has 0 fully saturated rings. The molecule has 2 nitrogen and oxygen atoms in total. The van der Waals surface area contributed by atoms with E-state index >= 15 is 0 Å². The fourth-order valence-electron chi connectivity index (χ4n) is 3.60. The Morgan fingerprint density at radius 3 is 1.07 bits per heavy atom. The van der Waals surface area contributed by atoms with Gasteiger partial charge in [-0.3, -0.25) is 0 Å². The number of rotatable bonds is 4. The number of benzene rings is 4. The van der Waals surface area contributed by atoms with Crippen molar-refractivity contribution in [3.8, 4) is 44.8 Å². The van der Waals surface area contributed by atoms with E-state index in [1.54, 1.807) is 6.33 Å². The monoisotopic (exact) mass is 384 g/mol. The van der Waals surface area contributed by atoms with E-state index in [1.807, 2.05) is 12.1 Å². The van der Waals surface area contributed by atoms with Crippen molar-refractivity contribution in [2.45, 2.75) is 0 Å². The summed E-state index contributed by atoms with van der Waals surface area (Å²) in [5.74, 6) is 0. The highest BCUT2D eigenvalue weighted by molar-refractivity contribution is 5.73. The molecular weight excluding hydrogens is 364 g/mol. The van der Waals surface area contributed by atoms with Crippen LogP contribution in [0.2, 0.25) is 0 Å². The number of aromatic nitrogens is 2. The molecule has 1 heterocycles. The molecule has 0 bridgehead atoms. The summed E-state index contributed by atoms with van der Waals surface area (Å²) in [6.07, 6.45) is 1.64. The Morgan fingerprint density at radius 1 is 0.333 bits per heavy atom. The van der Waals surface area contributed by atoms with Crippen LogP contribution in [0.4, 0.5) is 0 Å². The predicted octanol–water partition coefficient (Wildman–Crippen LogP) is 7.14. The van der Waals surface area contributed by atoms with E-state index in [9.17, 15) is 0 Å². The van der Waals surface area contributed by atoms with Crippen molar-refractivity contribution in [3.05, 3.63) is 122 Å². The highest BCUT2D eigenvalue weighted by Gasteiger charge is 2.06. The van der Waals surface area contributed by atoms with Crippen LogP contribution in [-0.2, 0) is 0 Å². The Hall–Kier alpha value is -4.04. The van der Waals surface area contributed by atoms with Gasteiger partial charge in [0.05, 0.1) is 11.4 Å². The van der Waals surface area contributed by atoms with E-state index in [4.69, 9.17) is 0 Å². The molecule has 0 aliphatic rings. The average Bonchev–Trinajstić information content (AvgIpc) is 2.85. The molecule has 0 aliphatic carbocycles. The van der Waals surface area contributed by atoms with Crippen LogP contribution in [0.15, 0.2) is 122 Å². The van der Waals surface area contributed by atoms with Gasteiger partial charge in [-0.2, -0.15) is 0 Å². The third-order valence-corrected chi connectivity index (χ3v) is 5.24. The van der Waals surface area contributed by atoms with Crippen LogP contribution >= 0.6 is 0 Å². The lowest BCUT2D eigenvalue weighted by molar-refractivity contribution is 1.18. The van der Waals surface area contributed by atoms with Gasteiger partial charge in [0, 0.05) is 11.1 Å². The first-order valence-corrected chi connectivity index (χ1v) is 10.0. The summed E-state index contributed by atoms with van der Waals surface area (Å²) in [5, 5.41) is 0. The van der Waals surface area contributed by atoms with Gasteiger partial charge in [0.15, 0.2) is 0 Å². The maximum Gasteiger partial charge on any atom is 0.116 e. The van der Waals surface area contributed by atoms with Crippen LogP contribution in [0.3, 0.4) is 0 Å². The Labute approximate surface area is 176 Å². The van der Waals surface area contributed by atoms with Crippen molar-refractivity contribution in [2.75, 3.05) is 0 Å². The van der Waals surface area contributed by atoms with Crippen molar-refractivity contribution in [3.63, 3.8) is 0 Å². The van der Waals surface area contributed by atoms with E-state index in [2.05, 4.69) is 113 Å². The van der Waals surface area contributed by atoms with Gasteiger partial charge < -0.3 is 0 Å². The number of hydrogen-bond acceptors (Lipinski definition) is 2. The van der Waals surface area contributed by atoms with Crippen molar-refractivity contribution < 1.29 is 0 Å². The van der Waals surface area contributed by atoms with Gasteiger partial charge in [-0.25, -0.2) is 9.97 Å². The van der Waals surface area contributed by atoms with E-state index in [-0.39, 0.29) is 0 Å². The van der Waals surface area contributed by atoms with Gasteiger partial charge in [-0.1, -0.05) is 109 Å². The second-order valence-electron chi connectivity index (χ2n) is 7.18. The normalized spacial score (nSPS) is 10.7. The maximum atomic E-state index is 4.49. The minimum absolute atomic E-state index is 0.923. The molecule has 0 aliphatic heterocycles. The van der Waals surface area contributed by atoms with Crippen molar-refractivity contribution in [1.29, 1.82) is 0 Å². The minimum atomic E-state index is 0.923. The summed E-state index contributed by atoms with van der Waals surface area (Å²) in [7, 11) is 0. The van der Waals surface area contributed by atoms with Crippen LogP contribution in [0.1, 0.15) is 0 Å². The molecule has 4 aromatic carbocycles. The van der Waals surface area contributed by atoms with Crippen LogP contribution in [0.25, 0.3) is 44.8 Å². The van der Waals surface area contributed by atoms with Crippen LogP contribution in [0.5, 0.6) is 0 Å². The Bertz CT molecular complexity index is 1150. The number of hydrogen-bond donors (Lipinski definition) is 0. The topological polar surface area (TPSA) is 25.8 Å². The van der Waals surface area contributed by atoms with Crippen molar-refractivity contribution in [2.24, 2.45) is 0 Å². The standard InChI is InChI=1S/C28H20N2/c1-3-7-21(8-4-1)23-11-15-25(16-12-23)27-19-28(30-20-29-27)26-17-13-24(14-18-26)22-9-5-2-6-10-22/h1-20H. The van der Waals surface area contributed by atoms with E-state index in [1.165, 1.54) is 22.3 Å². The highest BCUT2D eigenvalue weighted by Crippen LogP contribution is 2.27. The van der Waals surface area contributed by atoms with Gasteiger partial charge >= 0.3 is 0 Å². The fourth-order valence-corrected chi connectivity index (χ4v) is 3.60. The Morgan fingerprint density at radius 2 is 0.667 bits per heavy atom. The second-order valence-corrected chi connectivity index (χ2v) is 7.18. The lowest BCUT2D eigenvalue weighted by Crippen LogP contribution is -1.90. The number of nitrogens with zero attached hydrogens (tertiary/aromatic N) is 2. The summed E-state index contributed by atoms with van der Waals surface area (Å²) in [4.78, 5) is 8.98. The molecule has 1 aromatic heterocycles. The molecule has 0 radical (unpaired) electrons. The molecule has 0 N–H and O–H groups in total. The molecule has 30 heavy (non-hydrogen) atoms. The molecule has 0 atom stereocenters. The fraction of sp³-hybridized carbons (Fsp3) is 0. The largest absolute Gasteiger partial charge is 0.236 e. The zero-order valence-corrected chi connectivity index (χ0v) is 16.4.